The summed E-state index contributed by atoms with van der Waals surface area (Å²) in [7, 11) is -1.96. The fourth-order valence-corrected chi connectivity index (χ4v) is 3.49. The third-order valence-electron chi connectivity index (χ3n) is 4.70. The highest BCUT2D eigenvalue weighted by Gasteiger charge is 2.18. The van der Waals surface area contributed by atoms with Gasteiger partial charge in [-0.05, 0) is 44.7 Å². The van der Waals surface area contributed by atoms with Crippen LogP contribution in [0.4, 0.5) is 0 Å². The quantitative estimate of drug-likeness (QED) is 0.144. The lowest BCUT2D eigenvalue weighted by atomic mass is 10.1. The van der Waals surface area contributed by atoms with Crippen LogP contribution in [0.15, 0.2) is 29.2 Å². The number of hydrogen-bond donors (Lipinski definition) is 0. The molecule has 1 aromatic carbocycles. The van der Waals surface area contributed by atoms with E-state index >= 15 is 0 Å². The maximum absolute atomic E-state index is 10.4. The molecule has 158 valence electrons. The zero-order valence-corrected chi connectivity index (χ0v) is 19.1. The zero-order valence-electron chi connectivity index (χ0n) is 17.5. The predicted octanol–water partition coefficient (Wildman–Crippen LogP) is 5.69. The Bertz CT molecular complexity index is 576. The van der Waals surface area contributed by atoms with Crippen molar-refractivity contribution in [3.8, 4) is 0 Å². The van der Waals surface area contributed by atoms with Crippen LogP contribution in [0.5, 0.6) is 0 Å². The fraction of sp³-hybridized carbons (Fsp3) is 0.714. The monoisotopic (exact) mass is 419 g/mol. The largest absolute Gasteiger partial charge is 0.744 e. The van der Waals surface area contributed by atoms with Gasteiger partial charge in [-0.1, -0.05) is 68.8 Å². The van der Waals surface area contributed by atoms with Crippen molar-refractivity contribution in [3.05, 3.63) is 29.8 Å². The molecule has 0 heterocycles. The second-order valence-corrected chi connectivity index (χ2v) is 9.19. The van der Waals surface area contributed by atoms with Crippen LogP contribution in [0.2, 0.25) is 0 Å². The van der Waals surface area contributed by atoms with Crippen LogP contribution in [-0.2, 0) is 10.1 Å². The van der Waals surface area contributed by atoms with Crippen LogP contribution >= 0.6 is 11.6 Å². The highest BCUT2D eigenvalue weighted by molar-refractivity contribution is 7.85. The van der Waals surface area contributed by atoms with E-state index in [4.69, 9.17) is 11.6 Å². The van der Waals surface area contributed by atoms with Crippen molar-refractivity contribution in [2.24, 2.45) is 0 Å². The van der Waals surface area contributed by atoms with E-state index in [0.717, 1.165) is 16.1 Å². The molecule has 0 unspecified atom stereocenters. The minimum absolute atomic E-state index is 0.178. The molecule has 1 aromatic rings. The van der Waals surface area contributed by atoms with E-state index in [1.807, 2.05) is 6.92 Å². The molecular weight excluding hydrogens is 382 g/mol. The highest BCUT2D eigenvalue weighted by Crippen LogP contribution is 2.13. The SMILES string of the molecule is CCCCCC[N+](C)(CCl)CCCCCC.Cc1ccc(S(=O)(=O)[O-])cc1. The summed E-state index contributed by atoms with van der Waals surface area (Å²) in [6, 6.07) is 6.56. The maximum atomic E-state index is 10.4. The molecule has 0 atom stereocenters. The van der Waals surface area contributed by atoms with Crippen molar-refractivity contribution in [2.45, 2.75) is 77.0 Å². The van der Waals surface area contributed by atoms with E-state index in [1.165, 1.54) is 76.6 Å². The van der Waals surface area contributed by atoms with Gasteiger partial charge >= 0.3 is 0 Å². The number of rotatable bonds is 12. The molecule has 1 rings (SSSR count). The van der Waals surface area contributed by atoms with Gasteiger partial charge in [0.1, 0.15) is 10.1 Å². The van der Waals surface area contributed by atoms with Crippen LogP contribution in [0.3, 0.4) is 0 Å². The summed E-state index contributed by atoms with van der Waals surface area (Å²) in [6.07, 6.45) is 10.8. The molecule has 4 nitrogen and oxygen atoms in total. The number of halogens is 1. The average molecular weight is 420 g/mol. The number of unbranched alkanes of at least 4 members (excludes halogenated alkanes) is 6. The van der Waals surface area contributed by atoms with Crippen LogP contribution < -0.4 is 0 Å². The van der Waals surface area contributed by atoms with Gasteiger partial charge in [0.15, 0.2) is 6.00 Å². The number of nitrogens with zero attached hydrogens (tertiary/aromatic N) is 1. The van der Waals surface area contributed by atoms with E-state index in [1.54, 1.807) is 12.1 Å². The summed E-state index contributed by atoms with van der Waals surface area (Å²) in [5, 5.41) is 0. The number of benzene rings is 1. The van der Waals surface area contributed by atoms with Crippen molar-refractivity contribution in [3.63, 3.8) is 0 Å². The van der Waals surface area contributed by atoms with Crippen molar-refractivity contribution < 1.29 is 17.5 Å². The number of aryl methyl sites for hydroxylation is 1. The topological polar surface area (TPSA) is 57.2 Å². The maximum Gasteiger partial charge on any atom is 0.154 e. The summed E-state index contributed by atoms with van der Waals surface area (Å²) in [5.41, 5.74) is 0.928. The highest BCUT2D eigenvalue weighted by atomic mass is 35.5. The minimum atomic E-state index is -4.27. The molecule has 0 fully saturated rings. The summed E-state index contributed by atoms with van der Waals surface area (Å²) in [6.45, 7) is 8.87. The molecular formula is C21H38ClNO3S. The zero-order chi connectivity index (χ0) is 20.8. The molecule has 0 bridgehead atoms. The van der Waals surface area contributed by atoms with E-state index in [-0.39, 0.29) is 4.90 Å². The molecule has 0 aliphatic heterocycles. The number of hydrogen-bond acceptors (Lipinski definition) is 3. The van der Waals surface area contributed by atoms with Crippen molar-refractivity contribution in [1.29, 1.82) is 0 Å². The van der Waals surface area contributed by atoms with Crippen LogP contribution in [0.25, 0.3) is 0 Å². The van der Waals surface area contributed by atoms with E-state index < -0.39 is 10.1 Å². The normalized spacial score (nSPS) is 11.8. The Morgan fingerprint density at radius 2 is 1.33 bits per heavy atom. The van der Waals surface area contributed by atoms with Crippen molar-refractivity contribution in [1.82, 2.24) is 0 Å². The molecule has 0 radical (unpaired) electrons. The number of alkyl halides is 1. The molecule has 0 aromatic heterocycles. The van der Waals surface area contributed by atoms with Gasteiger partial charge in [-0.2, -0.15) is 0 Å². The Hall–Kier alpha value is -0.620. The van der Waals surface area contributed by atoms with Crippen molar-refractivity contribution in [2.75, 3.05) is 26.1 Å². The van der Waals surface area contributed by atoms with Crippen molar-refractivity contribution >= 4 is 21.7 Å². The van der Waals surface area contributed by atoms with Crippen LogP contribution in [0.1, 0.15) is 70.8 Å². The lowest BCUT2D eigenvalue weighted by molar-refractivity contribution is -0.899. The molecule has 0 saturated carbocycles. The Morgan fingerprint density at radius 3 is 1.67 bits per heavy atom. The third-order valence-corrected chi connectivity index (χ3v) is 6.13. The molecule has 27 heavy (non-hydrogen) atoms. The second kappa shape index (κ2) is 14.4. The van der Waals surface area contributed by atoms with Gasteiger partial charge in [0.25, 0.3) is 0 Å². The van der Waals surface area contributed by atoms with E-state index in [0.29, 0.717) is 0 Å². The molecule has 0 amide bonds. The van der Waals surface area contributed by atoms with Gasteiger partial charge in [-0.15, -0.1) is 0 Å². The third kappa shape index (κ3) is 13.2. The minimum Gasteiger partial charge on any atom is -0.744 e. The summed E-state index contributed by atoms with van der Waals surface area (Å²) < 4.78 is 32.2. The first-order chi connectivity index (χ1) is 12.7. The Morgan fingerprint density at radius 1 is 0.889 bits per heavy atom. The second-order valence-electron chi connectivity index (χ2n) is 7.57. The predicted molar refractivity (Wildman–Crippen MR) is 114 cm³/mol. The summed E-state index contributed by atoms with van der Waals surface area (Å²) in [4.78, 5) is -0.178. The Labute approximate surface area is 172 Å². The molecule has 0 spiro atoms. The van der Waals surface area contributed by atoms with Crippen LogP contribution in [-0.4, -0.2) is 43.6 Å². The van der Waals surface area contributed by atoms with E-state index in [2.05, 4.69) is 20.9 Å². The number of quaternary nitrogens is 1. The van der Waals surface area contributed by atoms with Gasteiger partial charge in [-0.25, -0.2) is 8.42 Å². The first kappa shape index (κ1) is 26.4. The standard InChI is InChI=1S/C14H31ClN.C7H8O3S/c1-4-6-8-10-12-16(3,14-15)13-11-9-7-5-2;1-6-2-4-7(5-3-6)11(8,9)10/h4-14H2,1-3H3;2-5H,1H3,(H,8,9,10)/q+1;/p-1. The first-order valence-electron chi connectivity index (χ1n) is 10.1. The summed E-state index contributed by atoms with van der Waals surface area (Å²) in [5.74, 6) is 0. The van der Waals surface area contributed by atoms with Gasteiger partial charge in [0.05, 0.1) is 25.0 Å². The molecule has 0 saturated heterocycles. The lowest BCUT2D eigenvalue weighted by Crippen LogP contribution is -2.44. The molecule has 6 heteroatoms. The van der Waals surface area contributed by atoms with Gasteiger partial charge < -0.3 is 9.04 Å². The average Bonchev–Trinajstić information content (AvgIpc) is 2.63. The Balaban J connectivity index is 0.000000533. The van der Waals surface area contributed by atoms with Gasteiger partial charge in [0.2, 0.25) is 0 Å². The summed E-state index contributed by atoms with van der Waals surface area (Å²) >= 11 is 6.11. The van der Waals surface area contributed by atoms with Gasteiger partial charge in [-0.3, -0.25) is 0 Å². The fourth-order valence-electron chi connectivity index (χ4n) is 2.78. The smallest absolute Gasteiger partial charge is 0.154 e. The molecule has 0 N–H and O–H groups in total. The van der Waals surface area contributed by atoms with Crippen LogP contribution in [0, 0.1) is 6.92 Å². The molecule has 0 aliphatic rings. The first-order valence-corrected chi connectivity index (χ1v) is 12.0. The molecule has 0 aliphatic carbocycles. The Kier molecular flexibility index (Phi) is 14.1. The lowest BCUT2D eigenvalue weighted by Gasteiger charge is -2.32. The van der Waals surface area contributed by atoms with Gasteiger partial charge in [0, 0.05) is 0 Å². The van der Waals surface area contributed by atoms with E-state index in [9.17, 15) is 13.0 Å².